The van der Waals surface area contributed by atoms with Crippen LogP contribution in [0.3, 0.4) is 0 Å². The van der Waals surface area contributed by atoms with E-state index < -0.39 is 0 Å². The summed E-state index contributed by atoms with van der Waals surface area (Å²) < 4.78 is 0. The van der Waals surface area contributed by atoms with Crippen LogP contribution >= 0.6 is 11.3 Å². The van der Waals surface area contributed by atoms with Gasteiger partial charge in [0.15, 0.2) is 0 Å². The third-order valence-corrected chi connectivity index (χ3v) is 9.03. The third-order valence-electron chi connectivity index (χ3n) is 8.26. The number of thiazole rings is 1. The summed E-state index contributed by atoms with van der Waals surface area (Å²) in [6.45, 7) is 8.68. The molecule has 5 rings (SSSR count). The summed E-state index contributed by atoms with van der Waals surface area (Å²) in [6, 6.07) is 8.79. The van der Waals surface area contributed by atoms with Gasteiger partial charge in [0.1, 0.15) is 5.01 Å². The lowest BCUT2D eigenvalue weighted by Gasteiger charge is -2.44. The molecule has 37 heavy (non-hydrogen) atoms. The zero-order valence-electron chi connectivity index (χ0n) is 22.2. The monoisotopic (exact) mass is 524 g/mol. The first-order chi connectivity index (χ1) is 18.0. The Bertz CT molecular complexity index is 1050. The molecule has 3 aliphatic rings. The number of carbonyl (C=O) groups is 2. The van der Waals surface area contributed by atoms with Crippen molar-refractivity contribution in [3.8, 4) is 0 Å². The Hall–Kier alpha value is -2.33. The predicted molar refractivity (Wildman–Crippen MR) is 148 cm³/mol. The lowest BCUT2D eigenvalue weighted by molar-refractivity contribution is -0.135. The van der Waals surface area contributed by atoms with Gasteiger partial charge in [0.25, 0.3) is 0 Å². The van der Waals surface area contributed by atoms with Gasteiger partial charge in [0.2, 0.25) is 11.8 Å². The summed E-state index contributed by atoms with van der Waals surface area (Å²) in [5.74, 6) is 0.241. The first kappa shape index (κ1) is 26.3. The summed E-state index contributed by atoms with van der Waals surface area (Å²) >= 11 is 1.70. The first-order valence-corrected chi connectivity index (χ1v) is 14.5. The second-order valence-electron chi connectivity index (χ2n) is 10.8. The smallest absolute Gasteiger partial charge is 0.237 e. The van der Waals surface area contributed by atoms with Crippen molar-refractivity contribution in [2.24, 2.45) is 0 Å². The van der Waals surface area contributed by atoms with E-state index in [4.69, 9.17) is 0 Å². The van der Waals surface area contributed by atoms with E-state index in [1.54, 1.807) is 18.3 Å². The average molecular weight is 525 g/mol. The number of hydrogen-bond acceptors (Lipinski definition) is 7. The van der Waals surface area contributed by atoms with Crippen LogP contribution in [0.2, 0.25) is 0 Å². The number of likely N-dealkylation sites (N-methyl/N-ethyl adjacent to an activating group) is 1. The van der Waals surface area contributed by atoms with E-state index >= 15 is 0 Å². The van der Waals surface area contributed by atoms with Gasteiger partial charge in [-0.2, -0.15) is 0 Å². The Kier molecular flexibility index (Phi) is 8.54. The maximum absolute atomic E-state index is 13.9. The topological polar surface area (TPSA) is 63.2 Å². The van der Waals surface area contributed by atoms with E-state index in [0.717, 1.165) is 74.7 Å². The third kappa shape index (κ3) is 6.39. The maximum Gasteiger partial charge on any atom is 0.237 e. The maximum atomic E-state index is 13.9. The fourth-order valence-corrected chi connectivity index (χ4v) is 6.74. The van der Waals surface area contributed by atoms with Gasteiger partial charge in [-0.25, -0.2) is 4.98 Å². The van der Waals surface area contributed by atoms with Gasteiger partial charge in [-0.15, -0.1) is 11.3 Å². The Balaban J connectivity index is 1.46. The molecule has 9 heteroatoms. The van der Waals surface area contributed by atoms with Crippen LogP contribution in [0.1, 0.15) is 43.2 Å². The number of fused-ring (bicyclic) bond motifs is 3. The van der Waals surface area contributed by atoms with Crippen molar-refractivity contribution < 1.29 is 9.59 Å². The van der Waals surface area contributed by atoms with Gasteiger partial charge < -0.3 is 14.7 Å². The molecule has 0 spiro atoms. The van der Waals surface area contributed by atoms with E-state index in [1.807, 2.05) is 34.7 Å². The molecule has 2 fully saturated rings. The molecule has 2 atom stereocenters. The second-order valence-corrected chi connectivity index (χ2v) is 11.8. The number of carbonyl (C=O) groups excluding carboxylic acids is 2. The quantitative estimate of drug-likeness (QED) is 0.613. The molecular formula is C28H40N6O2S. The summed E-state index contributed by atoms with van der Waals surface area (Å²) in [5, 5.41) is 3.16. The lowest BCUT2D eigenvalue weighted by atomic mass is 9.92. The van der Waals surface area contributed by atoms with Crippen molar-refractivity contribution in [1.82, 2.24) is 24.6 Å². The van der Waals surface area contributed by atoms with E-state index in [1.165, 1.54) is 0 Å². The predicted octanol–water partition coefficient (Wildman–Crippen LogP) is 2.90. The normalized spacial score (nSPS) is 24.4. The van der Waals surface area contributed by atoms with Crippen LogP contribution in [0.4, 0.5) is 5.69 Å². The minimum atomic E-state index is 0.0563. The minimum Gasteiger partial charge on any atom is -0.336 e. The van der Waals surface area contributed by atoms with Gasteiger partial charge in [0, 0.05) is 82.1 Å². The number of piperidine rings is 1. The van der Waals surface area contributed by atoms with Gasteiger partial charge in [-0.05, 0) is 37.9 Å². The van der Waals surface area contributed by atoms with Crippen molar-refractivity contribution >= 4 is 28.8 Å². The zero-order valence-corrected chi connectivity index (χ0v) is 23.0. The molecule has 2 unspecified atom stereocenters. The van der Waals surface area contributed by atoms with Crippen molar-refractivity contribution in [2.75, 3.05) is 57.8 Å². The fraction of sp³-hybridized carbons (Fsp3) is 0.607. The van der Waals surface area contributed by atoms with E-state index in [2.05, 4.69) is 37.7 Å². The van der Waals surface area contributed by atoms with Gasteiger partial charge in [0.05, 0.1) is 13.1 Å². The van der Waals surface area contributed by atoms with Crippen LogP contribution in [0.15, 0.2) is 35.8 Å². The summed E-state index contributed by atoms with van der Waals surface area (Å²) in [5.41, 5.74) is 1.99. The zero-order chi connectivity index (χ0) is 25.8. The number of benzene rings is 1. The molecule has 200 valence electrons. The molecule has 8 nitrogen and oxygen atoms in total. The van der Waals surface area contributed by atoms with Crippen LogP contribution in [0.5, 0.6) is 0 Å². The number of nitrogens with zero attached hydrogens (tertiary/aromatic N) is 6. The van der Waals surface area contributed by atoms with Crippen molar-refractivity contribution in [3.05, 3.63) is 46.4 Å². The van der Waals surface area contributed by atoms with Gasteiger partial charge >= 0.3 is 0 Å². The second kappa shape index (κ2) is 12.0. The Morgan fingerprint density at radius 3 is 2.57 bits per heavy atom. The number of aromatic nitrogens is 1. The van der Waals surface area contributed by atoms with Crippen LogP contribution in [0, 0.1) is 0 Å². The van der Waals surface area contributed by atoms with Crippen molar-refractivity contribution in [2.45, 2.75) is 57.8 Å². The number of piperazine rings is 1. The highest BCUT2D eigenvalue weighted by molar-refractivity contribution is 7.09. The van der Waals surface area contributed by atoms with Crippen LogP contribution < -0.4 is 4.90 Å². The fourth-order valence-electron chi connectivity index (χ4n) is 6.12. The summed E-state index contributed by atoms with van der Waals surface area (Å²) in [7, 11) is 2.14. The van der Waals surface area contributed by atoms with Crippen LogP contribution in [-0.4, -0.2) is 101 Å². The van der Waals surface area contributed by atoms with Crippen LogP contribution in [0.25, 0.3) is 0 Å². The number of hydrogen-bond donors (Lipinski definition) is 0. The number of anilines is 1. The molecule has 0 aliphatic carbocycles. The molecule has 1 aromatic carbocycles. The molecule has 0 radical (unpaired) electrons. The van der Waals surface area contributed by atoms with E-state index in [-0.39, 0.29) is 17.9 Å². The average Bonchev–Trinajstić information content (AvgIpc) is 3.40. The first-order valence-electron chi connectivity index (χ1n) is 13.7. The molecule has 4 heterocycles. The molecule has 0 saturated carbocycles. The highest BCUT2D eigenvalue weighted by atomic mass is 32.1. The number of para-hydroxylation sites is 1. The van der Waals surface area contributed by atoms with Crippen molar-refractivity contribution in [1.29, 1.82) is 0 Å². The number of rotatable bonds is 4. The highest BCUT2D eigenvalue weighted by Crippen LogP contribution is 2.32. The minimum absolute atomic E-state index is 0.0563. The van der Waals surface area contributed by atoms with Crippen molar-refractivity contribution in [3.63, 3.8) is 0 Å². The summed E-state index contributed by atoms with van der Waals surface area (Å²) in [6.07, 6.45) is 6.15. The van der Waals surface area contributed by atoms with E-state index in [0.29, 0.717) is 32.2 Å². The molecule has 2 bridgehead atoms. The number of amides is 2. The van der Waals surface area contributed by atoms with Gasteiger partial charge in [-0.3, -0.25) is 19.4 Å². The van der Waals surface area contributed by atoms with Gasteiger partial charge in [-0.1, -0.05) is 24.6 Å². The Morgan fingerprint density at radius 1 is 1.03 bits per heavy atom. The van der Waals surface area contributed by atoms with Crippen LogP contribution in [-0.2, 0) is 22.7 Å². The summed E-state index contributed by atoms with van der Waals surface area (Å²) in [4.78, 5) is 42.5. The Labute approximate surface area is 224 Å². The van der Waals surface area contributed by atoms with E-state index in [9.17, 15) is 9.59 Å². The molecule has 1 aromatic heterocycles. The standard InChI is InChI=1S/C28H40N6O2S/c1-22(35)33-12-10-24-7-5-8-25(34(24)20-27-29-11-17-37-27)19-32(18-23-6-3-4-9-26(23)33)28(36)21-31-15-13-30(2)14-16-31/h3-4,6,9,11,17,24-25H,5,7-8,10,12-16,18-21H2,1-2H3. The highest BCUT2D eigenvalue weighted by Gasteiger charge is 2.35. The molecule has 2 saturated heterocycles. The molecule has 0 N–H and O–H groups in total. The molecule has 2 amide bonds. The molecule has 3 aliphatic heterocycles. The SMILES string of the molecule is CC(=O)N1CCC2CCCC(CN(C(=O)CN3CCN(C)CC3)Cc3ccccc31)N2Cc1nccs1. The largest absolute Gasteiger partial charge is 0.336 e. The molecular weight excluding hydrogens is 484 g/mol. The Morgan fingerprint density at radius 2 is 1.81 bits per heavy atom. The molecule has 2 aromatic rings. The lowest BCUT2D eigenvalue weighted by Crippen LogP contribution is -2.54.